The van der Waals surface area contributed by atoms with Crippen LogP contribution in [-0.2, 0) is 11.2 Å². The van der Waals surface area contributed by atoms with Crippen LogP contribution in [-0.4, -0.2) is 36.4 Å². The molecule has 6 heteroatoms. The molecule has 0 bridgehead atoms. The number of carboxylic acids is 1. The van der Waals surface area contributed by atoms with Crippen molar-refractivity contribution in [2.45, 2.75) is 18.2 Å². The maximum Gasteiger partial charge on any atom is 0.308 e. The number of ether oxygens (including phenoxy) is 1. The van der Waals surface area contributed by atoms with Crippen LogP contribution in [0.1, 0.15) is 22.8 Å². The number of hydrogen-bond acceptors (Lipinski definition) is 4. The van der Waals surface area contributed by atoms with Gasteiger partial charge in [-0.25, -0.2) is 0 Å². The monoisotopic (exact) mass is 373 g/mol. The molecule has 1 atom stereocenters. The van der Waals surface area contributed by atoms with Crippen LogP contribution < -0.4 is 10.1 Å². The van der Waals surface area contributed by atoms with Gasteiger partial charge in [0.05, 0.1) is 12.5 Å². The minimum absolute atomic E-state index is 0.0751. The minimum atomic E-state index is -0.933. The largest absolute Gasteiger partial charge is 0.494 e. The zero-order valence-corrected chi connectivity index (χ0v) is 15.7. The van der Waals surface area contributed by atoms with E-state index >= 15 is 0 Å². The molecule has 2 N–H and O–H groups in total. The van der Waals surface area contributed by atoms with Crippen LogP contribution in [0, 0.1) is 5.92 Å². The van der Waals surface area contributed by atoms with Gasteiger partial charge in [0.1, 0.15) is 5.75 Å². The molecule has 26 heavy (non-hydrogen) atoms. The van der Waals surface area contributed by atoms with E-state index in [0.29, 0.717) is 18.6 Å². The van der Waals surface area contributed by atoms with Crippen LogP contribution in [0.3, 0.4) is 0 Å². The highest BCUT2D eigenvalue weighted by atomic mass is 32.2. The molecule has 0 saturated heterocycles. The Hall–Kier alpha value is -2.47. The van der Waals surface area contributed by atoms with Gasteiger partial charge in [-0.1, -0.05) is 12.1 Å². The molecule has 0 heterocycles. The number of amides is 1. The van der Waals surface area contributed by atoms with Crippen molar-refractivity contribution in [3.63, 3.8) is 0 Å². The lowest BCUT2D eigenvalue weighted by atomic mass is 9.99. The number of carbonyl (C=O) groups excluding carboxylic acids is 1. The number of carboxylic acid groups (broad SMARTS) is 1. The molecule has 5 nitrogen and oxygen atoms in total. The molecule has 0 saturated carbocycles. The molecule has 1 unspecified atom stereocenters. The predicted octanol–water partition coefficient (Wildman–Crippen LogP) is 3.48. The lowest BCUT2D eigenvalue weighted by Gasteiger charge is -2.14. The number of hydrogen-bond donors (Lipinski definition) is 2. The number of nitrogens with one attached hydrogen (secondary N) is 1. The standard InChI is InChI=1S/C20H23NO4S/c1-3-25-17-8-4-14(5-9-17)12-16(20(23)24)13-21-19(22)15-6-10-18(26-2)11-7-15/h4-11,16H,3,12-13H2,1-2H3,(H,21,22)(H,23,24). The van der Waals surface area contributed by atoms with Crippen LogP contribution >= 0.6 is 11.8 Å². The van der Waals surface area contributed by atoms with Crippen LogP contribution in [0.5, 0.6) is 5.75 Å². The van der Waals surface area contributed by atoms with E-state index in [2.05, 4.69) is 5.32 Å². The van der Waals surface area contributed by atoms with Crippen LogP contribution in [0.15, 0.2) is 53.4 Å². The van der Waals surface area contributed by atoms with Gasteiger partial charge in [-0.05, 0) is 61.6 Å². The second kappa shape index (κ2) is 9.87. The summed E-state index contributed by atoms with van der Waals surface area (Å²) < 4.78 is 5.38. The number of rotatable bonds is 9. The fourth-order valence-corrected chi connectivity index (χ4v) is 2.89. The molecular formula is C20H23NO4S. The number of carbonyl (C=O) groups is 2. The Morgan fingerprint density at radius 2 is 1.77 bits per heavy atom. The van der Waals surface area contributed by atoms with E-state index in [1.807, 2.05) is 49.6 Å². The van der Waals surface area contributed by atoms with Gasteiger partial charge in [-0.2, -0.15) is 0 Å². The van der Waals surface area contributed by atoms with Crippen molar-refractivity contribution in [1.29, 1.82) is 0 Å². The maximum atomic E-state index is 12.2. The topological polar surface area (TPSA) is 75.6 Å². The first kappa shape index (κ1) is 19.8. The van der Waals surface area contributed by atoms with E-state index in [1.54, 1.807) is 23.9 Å². The summed E-state index contributed by atoms with van der Waals surface area (Å²) in [6.45, 7) is 2.57. The Labute approximate surface area is 157 Å². The predicted molar refractivity (Wildman–Crippen MR) is 103 cm³/mol. The molecular weight excluding hydrogens is 350 g/mol. The second-order valence-corrected chi connectivity index (χ2v) is 6.63. The van der Waals surface area contributed by atoms with Crippen molar-refractivity contribution < 1.29 is 19.4 Å². The summed E-state index contributed by atoms with van der Waals surface area (Å²) >= 11 is 1.60. The first-order valence-corrected chi connectivity index (χ1v) is 9.62. The van der Waals surface area contributed by atoms with Gasteiger partial charge in [0.2, 0.25) is 0 Å². The van der Waals surface area contributed by atoms with E-state index in [9.17, 15) is 14.7 Å². The molecule has 0 fully saturated rings. The lowest BCUT2D eigenvalue weighted by Crippen LogP contribution is -2.34. The number of benzene rings is 2. The van der Waals surface area contributed by atoms with Gasteiger partial charge >= 0.3 is 5.97 Å². The summed E-state index contributed by atoms with van der Waals surface area (Å²) in [5, 5.41) is 12.2. The van der Waals surface area contributed by atoms with E-state index in [1.165, 1.54) is 0 Å². The highest BCUT2D eigenvalue weighted by molar-refractivity contribution is 7.98. The van der Waals surface area contributed by atoms with Crippen LogP contribution in [0.2, 0.25) is 0 Å². The second-order valence-electron chi connectivity index (χ2n) is 5.75. The molecule has 138 valence electrons. The van der Waals surface area contributed by atoms with Gasteiger partial charge < -0.3 is 15.2 Å². The summed E-state index contributed by atoms with van der Waals surface area (Å²) in [4.78, 5) is 24.8. The van der Waals surface area contributed by atoms with E-state index in [4.69, 9.17) is 4.74 Å². The SMILES string of the molecule is CCOc1ccc(CC(CNC(=O)c2ccc(SC)cc2)C(=O)O)cc1. The van der Waals surface area contributed by atoms with Gasteiger partial charge in [-0.3, -0.25) is 9.59 Å². The Morgan fingerprint density at radius 3 is 2.31 bits per heavy atom. The molecule has 1 amide bonds. The van der Waals surface area contributed by atoms with Crippen molar-refractivity contribution in [3.8, 4) is 5.75 Å². The average Bonchev–Trinajstić information content (AvgIpc) is 2.66. The molecule has 0 spiro atoms. The van der Waals surface area contributed by atoms with E-state index < -0.39 is 11.9 Å². The fourth-order valence-electron chi connectivity index (χ4n) is 2.48. The molecule has 2 aromatic rings. The molecule has 0 aliphatic heterocycles. The van der Waals surface area contributed by atoms with Gasteiger partial charge in [0, 0.05) is 17.0 Å². The van der Waals surface area contributed by atoms with Crippen LogP contribution in [0.4, 0.5) is 0 Å². The van der Waals surface area contributed by atoms with Crippen molar-refractivity contribution >= 4 is 23.6 Å². The maximum absolute atomic E-state index is 12.2. The van der Waals surface area contributed by atoms with Gasteiger partial charge in [-0.15, -0.1) is 11.8 Å². The van der Waals surface area contributed by atoms with Crippen LogP contribution in [0.25, 0.3) is 0 Å². The Kier molecular flexibility index (Phi) is 7.53. The Morgan fingerprint density at radius 1 is 1.12 bits per heavy atom. The zero-order chi connectivity index (χ0) is 18.9. The van der Waals surface area contributed by atoms with Gasteiger partial charge in [0.15, 0.2) is 0 Å². The van der Waals surface area contributed by atoms with Crippen molar-refractivity contribution in [2.24, 2.45) is 5.92 Å². The molecule has 0 aliphatic carbocycles. The summed E-state index contributed by atoms with van der Waals surface area (Å²) in [7, 11) is 0. The first-order chi connectivity index (χ1) is 12.5. The third-order valence-corrected chi connectivity index (χ3v) is 4.67. The normalized spacial score (nSPS) is 11.6. The quantitative estimate of drug-likeness (QED) is 0.658. The molecule has 2 rings (SSSR count). The molecule has 2 aromatic carbocycles. The van der Waals surface area contributed by atoms with Crippen molar-refractivity contribution in [3.05, 3.63) is 59.7 Å². The minimum Gasteiger partial charge on any atom is -0.494 e. The fraction of sp³-hybridized carbons (Fsp3) is 0.300. The van der Waals surface area contributed by atoms with Gasteiger partial charge in [0.25, 0.3) is 5.91 Å². The summed E-state index contributed by atoms with van der Waals surface area (Å²) in [6.07, 6.45) is 2.31. The summed E-state index contributed by atoms with van der Waals surface area (Å²) in [5.74, 6) is -1.14. The Balaban J connectivity index is 1.94. The van der Waals surface area contributed by atoms with Crippen molar-refractivity contribution in [1.82, 2.24) is 5.32 Å². The third-order valence-electron chi connectivity index (χ3n) is 3.93. The number of aliphatic carboxylic acids is 1. The van der Waals surface area contributed by atoms with E-state index in [0.717, 1.165) is 16.2 Å². The lowest BCUT2D eigenvalue weighted by molar-refractivity contribution is -0.141. The number of thioether (sulfide) groups is 1. The first-order valence-electron chi connectivity index (χ1n) is 8.40. The summed E-state index contributed by atoms with van der Waals surface area (Å²) in [5.41, 5.74) is 1.41. The molecule has 0 aliphatic rings. The highest BCUT2D eigenvalue weighted by Crippen LogP contribution is 2.16. The zero-order valence-electron chi connectivity index (χ0n) is 14.9. The molecule has 0 aromatic heterocycles. The Bertz CT molecular complexity index is 728. The third kappa shape index (κ3) is 5.81. The smallest absolute Gasteiger partial charge is 0.308 e. The summed E-state index contributed by atoms with van der Waals surface area (Å²) in [6, 6.07) is 14.6. The molecule has 0 radical (unpaired) electrons. The highest BCUT2D eigenvalue weighted by Gasteiger charge is 2.19. The van der Waals surface area contributed by atoms with Crippen molar-refractivity contribution in [2.75, 3.05) is 19.4 Å². The van der Waals surface area contributed by atoms with E-state index in [-0.39, 0.29) is 12.5 Å². The average molecular weight is 373 g/mol.